The summed E-state index contributed by atoms with van der Waals surface area (Å²) in [6, 6.07) is 23.7. The Morgan fingerprint density at radius 3 is 2.35 bits per heavy atom. The molecule has 188 valence electrons. The first-order chi connectivity index (χ1) is 17.9. The molecule has 0 saturated carbocycles. The molecule has 3 aromatic carbocycles. The van der Waals surface area contributed by atoms with Gasteiger partial charge in [0.2, 0.25) is 11.7 Å². The van der Waals surface area contributed by atoms with Crippen LogP contribution in [0.15, 0.2) is 71.3 Å². The highest BCUT2D eigenvalue weighted by molar-refractivity contribution is 6.04. The number of amides is 1. The van der Waals surface area contributed by atoms with E-state index in [1.54, 1.807) is 6.92 Å². The quantitative estimate of drug-likeness (QED) is 0.339. The van der Waals surface area contributed by atoms with Crippen LogP contribution >= 0.6 is 0 Å². The maximum absolute atomic E-state index is 13.0. The van der Waals surface area contributed by atoms with Gasteiger partial charge in [0.05, 0.1) is 0 Å². The smallest absolute Gasteiger partial charge is 0.255 e. The summed E-state index contributed by atoms with van der Waals surface area (Å²) < 4.78 is 5.10. The van der Waals surface area contributed by atoms with Gasteiger partial charge in [-0.3, -0.25) is 4.79 Å². The van der Waals surface area contributed by atoms with Crippen molar-refractivity contribution in [3.8, 4) is 22.5 Å². The molecule has 2 aliphatic rings. The van der Waals surface area contributed by atoms with Gasteiger partial charge in [-0.15, -0.1) is 0 Å². The number of piperidine rings is 1. The maximum atomic E-state index is 13.0. The number of benzene rings is 3. The fourth-order valence-corrected chi connectivity index (χ4v) is 6.10. The number of carbonyl (C=O) groups excluding carboxylic acids is 1. The molecule has 0 aliphatic carbocycles. The number of anilines is 1. The van der Waals surface area contributed by atoms with Crippen molar-refractivity contribution in [2.75, 3.05) is 12.4 Å². The molecule has 6 nitrogen and oxygen atoms in total. The summed E-state index contributed by atoms with van der Waals surface area (Å²) in [6.07, 6.45) is 5.04. The summed E-state index contributed by atoms with van der Waals surface area (Å²) in [7, 11) is 2.27. The van der Waals surface area contributed by atoms with Crippen molar-refractivity contribution < 1.29 is 9.32 Å². The Morgan fingerprint density at radius 1 is 0.946 bits per heavy atom. The third-order valence-corrected chi connectivity index (χ3v) is 8.18. The second kappa shape index (κ2) is 9.60. The zero-order chi connectivity index (χ0) is 25.5. The van der Waals surface area contributed by atoms with E-state index < -0.39 is 0 Å². The molecule has 2 bridgehead atoms. The summed E-state index contributed by atoms with van der Waals surface area (Å²) in [4.78, 5) is 19.9. The molecular weight excluding hydrogens is 460 g/mol. The van der Waals surface area contributed by atoms with E-state index >= 15 is 0 Å². The van der Waals surface area contributed by atoms with Crippen molar-refractivity contribution in [1.82, 2.24) is 15.0 Å². The molecule has 1 amide bonds. The normalized spacial score (nSPS) is 21.2. The second-order valence-corrected chi connectivity index (χ2v) is 10.5. The van der Waals surface area contributed by atoms with Crippen LogP contribution in [0.5, 0.6) is 0 Å². The number of carbonyl (C=O) groups is 1. The first kappa shape index (κ1) is 23.6. The fourth-order valence-electron chi connectivity index (χ4n) is 6.10. The molecule has 0 radical (unpaired) electrons. The Bertz CT molecular complexity index is 1430. The van der Waals surface area contributed by atoms with Gasteiger partial charge in [-0.2, -0.15) is 4.98 Å². The lowest BCUT2D eigenvalue weighted by Crippen LogP contribution is -2.39. The van der Waals surface area contributed by atoms with Crippen LogP contribution in [0.25, 0.3) is 22.5 Å². The summed E-state index contributed by atoms with van der Waals surface area (Å²) in [5, 5.41) is 7.12. The van der Waals surface area contributed by atoms with Crippen molar-refractivity contribution >= 4 is 11.6 Å². The van der Waals surface area contributed by atoms with Crippen LogP contribution in [0.2, 0.25) is 0 Å². The van der Waals surface area contributed by atoms with Crippen molar-refractivity contribution in [3.05, 3.63) is 89.3 Å². The predicted molar refractivity (Wildman–Crippen MR) is 146 cm³/mol. The van der Waals surface area contributed by atoms with Crippen LogP contribution in [0.3, 0.4) is 0 Å². The lowest BCUT2D eigenvalue weighted by atomic mass is 9.85. The van der Waals surface area contributed by atoms with Gasteiger partial charge in [0.25, 0.3) is 5.91 Å². The zero-order valence-corrected chi connectivity index (χ0v) is 21.6. The molecule has 2 saturated heterocycles. The standard InChI is InChI=1S/C31H32N4O2/c1-19-15-24(30-32-20(2)37-34-30)11-14-29(19)21-7-9-22(10-8-21)31(36)33-26-6-4-5-23(16-26)25-17-27-12-13-28(18-25)35(27)3/h4-11,14-16,25,27-28H,12-13,17-18H2,1-3H3,(H,33,36). The zero-order valence-electron chi connectivity index (χ0n) is 21.6. The van der Waals surface area contributed by atoms with Crippen molar-refractivity contribution in [2.24, 2.45) is 0 Å². The van der Waals surface area contributed by atoms with Gasteiger partial charge >= 0.3 is 0 Å². The number of rotatable bonds is 5. The fraction of sp³-hybridized carbons (Fsp3) is 0.323. The average molecular weight is 493 g/mol. The third kappa shape index (κ3) is 4.69. The van der Waals surface area contributed by atoms with Gasteiger partial charge in [0.1, 0.15) is 0 Å². The monoisotopic (exact) mass is 492 g/mol. The molecule has 1 aromatic heterocycles. The van der Waals surface area contributed by atoms with Crippen LogP contribution in [-0.2, 0) is 0 Å². The van der Waals surface area contributed by atoms with Crippen LogP contribution < -0.4 is 5.32 Å². The van der Waals surface area contributed by atoms with Gasteiger partial charge in [0.15, 0.2) is 0 Å². The molecular formula is C31H32N4O2. The summed E-state index contributed by atoms with van der Waals surface area (Å²) >= 11 is 0. The first-order valence-electron chi connectivity index (χ1n) is 13.1. The molecule has 2 unspecified atom stereocenters. The van der Waals surface area contributed by atoms with E-state index in [1.807, 2.05) is 36.4 Å². The van der Waals surface area contributed by atoms with Crippen molar-refractivity contribution in [3.63, 3.8) is 0 Å². The Morgan fingerprint density at radius 2 is 1.68 bits per heavy atom. The molecule has 1 N–H and O–H groups in total. The Balaban J connectivity index is 1.14. The van der Waals surface area contributed by atoms with E-state index in [1.165, 1.54) is 31.2 Å². The minimum atomic E-state index is -0.0910. The molecule has 0 spiro atoms. The minimum Gasteiger partial charge on any atom is -0.339 e. The third-order valence-electron chi connectivity index (χ3n) is 8.18. The van der Waals surface area contributed by atoms with Gasteiger partial charge in [-0.05, 0) is 98.2 Å². The highest BCUT2D eigenvalue weighted by Crippen LogP contribution is 2.42. The Kier molecular flexibility index (Phi) is 6.13. The molecule has 2 fully saturated rings. The van der Waals surface area contributed by atoms with Crippen LogP contribution in [0.1, 0.15) is 59.0 Å². The molecule has 6 heteroatoms. The van der Waals surface area contributed by atoms with Crippen molar-refractivity contribution in [2.45, 2.75) is 57.5 Å². The second-order valence-electron chi connectivity index (χ2n) is 10.5. The number of nitrogens with zero attached hydrogens (tertiary/aromatic N) is 3. The van der Waals surface area contributed by atoms with Gasteiger partial charge < -0.3 is 14.7 Å². The summed E-state index contributed by atoms with van der Waals surface area (Å²) in [5.41, 5.74) is 7.04. The van der Waals surface area contributed by atoms with E-state index in [2.05, 4.69) is 64.7 Å². The van der Waals surface area contributed by atoms with E-state index in [0.717, 1.165) is 27.9 Å². The van der Waals surface area contributed by atoms with Crippen LogP contribution in [0.4, 0.5) is 5.69 Å². The van der Waals surface area contributed by atoms with Gasteiger partial charge in [0, 0.05) is 35.8 Å². The van der Waals surface area contributed by atoms with Crippen LogP contribution in [-0.4, -0.2) is 40.1 Å². The maximum Gasteiger partial charge on any atom is 0.255 e. The number of fused-ring (bicyclic) bond motifs is 2. The van der Waals surface area contributed by atoms with E-state index in [-0.39, 0.29) is 5.91 Å². The number of aromatic nitrogens is 2. The minimum absolute atomic E-state index is 0.0910. The topological polar surface area (TPSA) is 71.3 Å². The number of hydrogen-bond donors (Lipinski definition) is 1. The largest absolute Gasteiger partial charge is 0.339 e. The predicted octanol–water partition coefficient (Wildman–Crippen LogP) is 6.61. The van der Waals surface area contributed by atoms with Crippen molar-refractivity contribution in [1.29, 1.82) is 0 Å². The highest BCUT2D eigenvalue weighted by Gasteiger charge is 2.38. The Labute approximate surface area is 217 Å². The molecule has 4 aromatic rings. The lowest BCUT2D eigenvalue weighted by molar-refractivity contribution is 0.102. The van der Waals surface area contributed by atoms with E-state index in [9.17, 15) is 4.79 Å². The van der Waals surface area contributed by atoms with Crippen LogP contribution in [0, 0.1) is 13.8 Å². The SMILES string of the molecule is Cc1nc(-c2ccc(-c3ccc(C(=O)Nc4cccc(C5CC6CCC(C5)N6C)c4)cc3)c(C)c2)no1. The lowest BCUT2D eigenvalue weighted by Gasteiger charge is -2.36. The van der Waals surface area contributed by atoms with E-state index in [0.29, 0.717) is 35.3 Å². The molecule has 6 rings (SSSR count). The van der Waals surface area contributed by atoms with E-state index in [4.69, 9.17) is 4.52 Å². The van der Waals surface area contributed by atoms with Gasteiger partial charge in [-0.25, -0.2) is 0 Å². The summed E-state index contributed by atoms with van der Waals surface area (Å²) in [6.45, 7) is 3.85. The average Bonchev–Trinajstić information content (AvgIpc) is 3.41. The molecule has 2 atom stereocenters. The molecule has 3 heterocycles. The number of aryl methyl sites for hydroxylation is 2. The molecule has 2 aliphatic heterocycles. The Hall–Kier alpha value is -3.77. The number of hydrogen-bond acceptors (Lipinski definition) is 5. The van der Waals surface area contributed by atoms with Gasteiger partial charge in [-0.1, -0.05) is 41.6 Å². The number of nitrogens with one attached hydrogen (secondary N) is 1. The first-order valence-corrected chi connectivity index (χ1v) is 13.1. The highest BCUT2D eigenvalue weighted by atomic mass is 16.5. The molecule has 37 heavy (non-hydrogen) atoms. The summed E-state index contributed by atoms with van der Waals surface area (Å²) in [5.74, 6) is 1.62.